The Kier molecular flexibility index (Phi) is 8.78. The number of benzene rings is 3. The van der Waals surface area contributed by atoms with Gasteiger partial charge in [-0.25, -0.2) is 9.59 Å². The molecule has 0 aliphatic carbocycles. The minimum Gasteiger partial charge on any atom is -0.491 e. The molecule has 1 N–H and O–H groups in total. The van der Waals surface area contributed by atoms with Gasteiger partial charge in [-0.3, -0.25) is 9.69 Å². The molecule has 1 aliphatic rings. The molecule has 3 aromatic carbocycles. The van der Waals surface area contributed by atoms with Crippen molar-refractivity contribution in [3.63, 3.8) is 0 Å². The molecule has 0 saturated carbocycles. The van der Waals surface area contributed by atoms with Gasteiger partial charge in [0, 0.05) is 17.0 Å². The number of nitrogens with one attached hydrogen (secondary N) is 1. The highest BCUT2D eigenvalue weighted by molar-refractivity contribution is 6.09. The van der Waals surface area contributed by atoms with Gasteiger partial charge in [-0.2, -0.15) is 13.2 Å². The Balaban J connectivity index is 1.25. The first-order chi connectivity index (χ1) is 21.1. The number of urea groups is 1. The molecule has 1 unspecified atom stereocenters. The molecule has 1 aliphatic heterocycles. The first-order valence-electron chi connectivity index (χ1n) is 14.2. The number of halogens is 3. The number of alkyl halides is 3. The van der Waals surface area contributed by atoms with E-state index in [1.165, 1.54) is 12.1 Å². The minimum absolute atomic E-state index is 0.00645. The number of rotatable bonds is 11. The van der Waals surface area contributed by atoms with Gasteiger partial charge in [0.15, 0.2) is 5.54 Å². The summed E-state index contributed by atoms with van der Waals surface area (Å²) in [5.74, 6) is -0.135. The highest BCUT2D eigenvalue weighted by Crippen LogP contribution is 2.38. The highest BCUT2D eigenvalue weighted by Gasteiger charge is 2.53. The van der Waals surface area contributed by atoms with E-state index in [9.17, 15) is 27.6 Å². The molecule has 1 aromatic heterocycles. The lowest BCUT2D eigenvalue weighted by Crippen LogP contribution is -2.45. The van der Waals surface area contributed by atoms with E-state index >= 15 is 0 Å². The Labute approximate surface area is 251 Å². The fourth-order valence-corrected chi connectivity index (χ4v) is 5.49. The van der Waals surface area contributed by atoms with E-state index < -0.39 is 34.8 Å². The molecular weight excluding hydrogens is 577 g/mol. The number of hydrogen-bond acceptors (Lipinski definition) is 6. The molecule has 11 heteroatoms. The average molecular weight is 609 g/mol. The van der Waals surface area contributed by atoms with Gasteiger partial charge in [0.05, 0.1) is 25.3 Å². The summed E-state index contributed by atoms with van der Waals surface area (Å²) in [4.78, 5) is 40.0. The predicted octanol–water partition coefficient (Wildman–Crippen LogP) is 5.96. The normalized spacial score (nSPS) is 16.9. The van der Waals surface area contributed by atoms with E-state index in [4.69, 9.17) is 13.9 Å². The second-order valence-electron chi connectivity index (χ2n) is 10.5. The molecule has 0 bridgehead atoms. The van der Waals surface area contributed by atoms with Crippen LogP contribution in [0.5, 0.6) is 5.75 Å². The van der Waals surface area contributed by atoms with Crippen LogP contribution in [0.3, 0.4) is 0 Å². The largest absolute Gasteiger partial charge is 0.491 e. The summed E-state index contributed by atoms with van der Waals surface area (Å²) in [5.41, 5.74) is -1.09. The fraction of sp³-hybridized carbons (Fsp3) is 0.303. The zero-order chi connectivity index (χ0) is 31.5. The monoisotopic (exact) mass is 608 g/mol. The number of carbonyl (C=O) groups excluding carboxylic acids is 2. The van der Waals surface area contributed by atoms with Crippen LogP contribution < -0.4 is 15.7 Å². The van der Waals surface area contributed by atoms with E-state index in [-0.39, 0.29) is 43.1 Å². The molecule has 3 amide bonds. The van der Waals surface area contributed by atoms with Crippen molar-refractivity contribution < 1.29 is 36.7 Å². The van der Waals surface area contributed by atoms with Crippen LogP contribution in [-0.4, -0.2) is 43.2 Å². The van der Waals surface area contributed by atoms with Gasteiger partial charge in [0.2, 0.25) is 0 Å². The maximum absolute atomic E-state index is 13.8. The first kappa shape index (κ1) is 30.8. The van der Waals surface area contributed by atoms with Crippen molar-refractivity contribution in [1.29, 1.82) is 0 Å². The summed E-state index contributed by atoms with van der Waals surface area (Å²) in [7, 11) is 0. The SMILES string of the molecule is CCCc1c(OCCOCCN2C(=O)NC(c3ccccc3)(c3cccc(C)c3)C2=O)ccc2c(C(F)(F)F)cc(=O)oc12. The van der Waals surface area contributed by atoms with Crippen LogP contribution in [0, 0.1) is 6.92 Å². The summed E-state index contributed by atoms with van der Waals surface area (Å²) >= 11 is 0. The van der Waals surface area contributed by atoms with Crippen molar-refractivity contribution in [3.05, 3.63) is 111 Å². The van der Waals surface area contributed by atoms with E-state index in [0.717, 1.165) is 10.5 Å². The van der Waals surface area contributed by atoms with Crippen LogP contribution >= 0.6 is 0 Å². The van der Waals surface area contributed by atoms with Crippen molar-refractivity contribution in [2.45, 2.75) is 38.4 Å². The predicted molar refractivity (Wildman–Crippen MR) is 156 cm³/mol. The summed E-state index contributed by atoms with van der Waals surface area (Å²) < 4.78 is 57.3. The van der Waals surface area contributed by atoms with Gasteiger partial charge >= 0.3 is 17.8 Å². The molecule has 1 fully saturated rings. The van der Waals surface area contributed by atoms with Gasteiger partial charge in [-0.1, -0.05) is 73.5 Å². The zero-order valence-corrected chi connectivity index (χ0v) is 24.2. The standard InChI is InChI=1S/C33H31F3N2O6/c1-3-8-25-27(14-13-24-26(33(34,35)36)20-28(39)44-29(24)25)43-18-17-42-16-15-38-30(40)32(37-31(38)41,22-10-5-4-6-11-22)23-12-7-9-21(2)19-23/h4-7,9-14,19-20H,3,8,15-18H2,1-2H3,(H,37,41). The Hall–Kier alpha value is -4.64. The number of hydrogen-bond donors (Lipinski definition) is 1. The number of carbonyl (C=O) groups is 2. The Bertz CT molecular complexity index is 1740. The molecule has 0 radical (unpaired) electrons. The molecular formula is C33H31F3N2O6. The van der Waals surface area contributed by atoms with E-state index in [1.54, 1.807) is 12.1 Å². The molecule has 0 spiro atoms. The summed E-state index contributed by atoms with van der Waals surface area (Å²) in [6.07, 6.45) is -3.82. The maximum Gasteiger partial charge on any atom is 0.417 e. The Morgan fingerprint density at radius 1 is 0.909 bits per heavy atom. The second kappa shape index (κ2) is 12.5. The second-order valence-corrected chi connectivity index (χ2v) is 10.5. The van der Waals surface area contributed by atoms with Crippen LogP contribution in [0.15, 0.2) is 82.0 Å². The quantitative estimate of drug-likeness (QED) is 0.128. The molecule has 1 saturated heterocycles. The number of amides is 3. The number of ether oxygens (including phenoxy) is 2. The number of aryl methyl sites for hydroxylation is 2. The lowest BCUT2D eigenvalue weighted by molar-refractivity contribution is -0.136. The van der Waals surface area contributed by atoms with Gasteiger partial charge in [-0.15, -0.1) is 0 Å². The topological polar surface area (TPSA) is 98.1 Å². The van der Waals surface area contributed by atoms with Crippen LogP contribution in [0.2, 0.25) is 0 Å². The number of nitrogens with zero attached hydrogens (tertiary/aromatic N) is 1. The third-order valence-corrected chi connectivity index (χ3v) is 7.49. The maximum atomic E-state index is 13.8. The lowest BCUT2D eigenvalue weighted by Gasteiger charge is -2.28. The fourth-order valence-electron chi connectivity index (χ4n) is 5.49. The molecule has 8 nitrogen and oxygen atoms in total. The smallest absolute Gasteiger partial charge is 0.417 e. The van der Waals surface area contributed by atoms with Crippen molar-refractivity contribution in [2.24, 2.45) is 0 Å². The van der Waals surface area contributed by atoms with Crippen LogP contribution in [-0.2, 0) is 27.7 Å². The summed E-state index contributed by atoms with van der Waals surface area (Å²) in [6, 6.07) is 19.0. The summed E-state index contributed by atoms with van der Waals surface area (Å²) in [6.45, 7) is 3.89. The van der Waals surface area contributed by atoms with Gasteiger partial charge < -0.3 is 19.2 Å². The van der Waals surface area contributed by atoms with E-state index in [0.29, 0.717) is 35.6 Å². The van der Waals surface area contributed by atoms with Crippen LogP contribution in [0.1, 0.15) is 41.2 Å². The van der Waals surface area contributed by atoms with Crippen molar-refractivity contribution in [3.8, 4) is 5.75 Å². The third kappa shape index (κ3) is 5.92. The summed E-state index contributed by atoms with van der Waals surface area (Å²) in [5, 5.41) is 2.69. The van der Waals surface area contributed by atoms with E-state index in [2.05, 4.69) is 5.32 Å². The zero-order valence-electron chi connectivity index (χ0n) is 24.2. The van der Waals surface area contributed by atoms with Gasteiger partial charge in [0.1, 0.15) is 17.9 Å². The highest BCUT2D eigenvalue weighted by atomic mass is 19.4. The van der Waals surface area contributed by atoms with Crippen LogP contribution in [0.4, 0.5) is 18.0 Å². The van der Waals surface area contributed by atoms with Crippen molar-refractivity contribution >= 4 is 22.9 Å². The minimum atomic E-state index is -4.72. The van der Waals surface area contributed by atoms with Crippen LogP contribution in [0.25, 0.3) is 11.0 Å². The molecule has 5 rings (SSSR count). The molecule has 4 aromatic rings. The lowest BCUT2D eigenvalue weighted by atomic mass is 9.82. The van der Waals surface area contributed by atoms with Crippen molar-refractivity contribution in [2.75, 3.05) is 26.4 Å². The average Bonchev–Trinajstić information content (AvgIpc) is 3.25. The molecule has 230 valence electrons. The third-order valence-electron chi connectivity index (χ3n) is 7.49. The van der Waals surface area contributed by atoms with E-state index in [1.807, 2.05) is 56.3 Å². The first-order valence-corrected chi connectivity index (χ1v) is 14.2. The molecule has 44 heavy (non-hydrogen) atoms. The Morgan fingerprint density at radius 3 is 2.36 bits per heavy atom. The number of imide groups is 1. The van der Waals surface area contributed by atoms with Gasteiger partial charge in [-0.05, 0) is 36.6 Å². The molecule has 2 heterocycles. The molecule has 1 atom stereocenters. The van der Waals surface area contributed by atoms with Gasteiger partial charge in [0.25, 0.3) is 5.91 Å². The Morgan fingerprint density at radius 2 is 1.66 bits per heavy atom. The van der Waals surface area contributed by atoms with Crippen molar-refractivity contribution in [1.82, 2.24) is 10.2 Å². The number of fused-ring (bicyclic) bond motifs is 1.